The first kappa shape index (κ1) is 20.1. The fourth-order valence-electron chi connectivity index (χ4n) is 1.77. The number of carbonyl (C=O) groups is 4. The Labute approximate surface area is 145 Å². The average Bonchev–Trinajstić information content (AvgIpc) is 2.60. The van der Waals surface area contributed by atoms with Crippen molar-refractivity contribution in [3.63, 3.8) is 0 Å². The molecule has 0 saturated heterocycles. The molecule has 0 saturated carbocycles. The largest absolute Gasteiger partial charge is 0.464 e. The summed E-state index contributed by atoms with van der Waals surface area (Å²) in [5.41, 5.74) is 5.90. The topological polar surface area (TPSA) is 140 Å². The minimum absolute atomic E-state index is 0.193. The number of rotatable bonds is 8. The molecule has 1 aromatic carbocycles. The monoisotopic (exact) mass is 350 g/mol. The lowest BCUT2D eigenvalue weighted by Gasteiger charge is -2.13. The van der Waals surface area contributed by atoms with E-state index in [1.807, 2.05) is 0 Å². The summed E-state index contributed by atoms with van der Waals surface area (Å²) in [6.07, 6.45) is 0. The molecule has 9 heteroatoms. The zero-order valence-corrected chi connectivity index (χ0v) is 14.1. The van der Waals surface area contributed by atoms with Gasteiger partial charge in [-0.3, -0.25) is 14.4 Å². The molecule has 0 aromatic heterocycles. The van der Waals surface area contributed by atoms with E-state index in [2.05, 4.69) is 16.0 Å². The van der Waals surface area contributed by atoms with E-state index in [0.717, 1.165) is 0 Å². The molecule has 9 nitrogen and oxygen atoms in total. The summed E-state index contributed by atoms with van der Waals surface area (Å²) in [5, 5.41) is 7.42. The summed E-state index contributed by atoms with van der Waals surface area (Å²) in [4.78, 5) is 46.1. The second-order valence-corrected chi connectivity index (χ2v) is 5.05. The Hall–Kier alpha value is -2.94. The van der Waals surface area contributed by atoms with E-state index in [1.54, 1.807) is 6.92 Å². The molecule has 0 aliphatic rings. The van der Waals surface area contributed by atoms with Gasteiger partial charge in [0.25, 0.3) is 5.91 Å². The van der Waals surface area contributed by atoms with Crippen LogP contribution in [-0.2, 0) is 19.1 Å². The van der Waals surface area contributed by atoms with E-state index >= 15 is 0 Å². The highest BCUT2D eigenvalue weighted by Crippen LogP contribution is 2.09. The highest BCUT2D eigenvalue weighted by atomic mass is 16.5. The molecule has 1 rings (SSSR count). The molecule has 0 bridgehead atoms. The molecule has 3 amide bonds. The normalized spacial score (nSPS) is 11.2. The van der Waals surface area contributed by atoms with Crippen LogP contribution in [-0.4, -0.2) is 49.4 Å². The number of esters is 1. The lowest BCUT2D eigenvalue weighted by Crippen LogP contribution is -2.39. The maximum atomic E-state index is 12.0. The molecule has 1 aromatic rings. The van der Waals surface area contributed by atoms with Gasteiger partial charge in [0.1, 0.15) is 6.04 Å². The predicted molar refractivity (Wildman–Crippen MR) is 90.7 cm³/mol. The Bertz CT molecular complexity index is 630. The Morgan fingerprint density at radius 3 is 2.32 bits per heavy atom. The Morgan fingerprint density at radius 1 is 1.12 bits per heavy atom. The Kier molecular flexibility index (Phi) is 8.07. The van der Waals surface area contributed by atoms with Crippen LogP contribution in [0.25, 0.3) is 0 Å². The highest BCUT2D eigenvalue weighted by molar-refractivity contribution is 5.98. The number of nitrogens with two attached hydrogens (primary N) is 1. The lowest BCUT2D eigenvalue weighted by molar-refractivity contribution is -0.144. The smallest absolute Gasteiger partial charge is 0.328 e. The zero-order valence-electron chi connectivity index (χ0n) is 14.1. The van der Waals surface area contributed by atoms with Gasteiger partial charge < -0.3 is 26.4 Å². The first-order valence-corrected chi connectivity index (χ1v) is 7.71. The second-order valence-electron chi connectivity index (χ2n) is 5.05. The third kappa shape index (κ3) is 7.00. The van der Waals surface area contributed by atoms with E-state index < -0.39 is 29.7 Å². The molecule has 1 unspecified atom stereocenters. The van der Waals surface area contributed by atoms with Crippen LogP contribution >= 0.6 is 0 Å². The van der Waals surface area contributed by atoms with Crippen LogP contribution in [0.5, 0.6) is 0 Å². The summed E-state index contributed by atoms with van der Waals surface area (Å²) in [6, 6.07) is 5.31. The quantitative estimate of drug-likeness (QED) is 0.461. The fourth-order valence-corrected chi connectivity index (χ4v) is 1.77. The molecule has 0 fully saturated rings. The number of ether oxygens (including phenoxy) is 1. The van der Waals surface area contributed by atoms with Gasteiger partial charge in [-0.25, -0.2) is 4.79 Å². The first-order valence-electron chi connectivity index (χ1n) is 7.71. The van der Waals surface area contributed by atoms with Crippen molar-refractivity contribution in [3.8, 4) is 0 Å². The minimum Gasteiger partial charge on any atom is -0.464 e. The summed E-state index contributed by atoms with van der Waals surface area (Å²) in [6.45, 7) is 3.05. The number of benzene rings is 1. The maximum absolute atomic E-state index is 12.0. The van der Waals surface area contributed by atoms with Crippen molar-refractivity contribution in [2.75, 3.05) is 25.0 Å². The zero-order chi connectivity index (χ0) is 18.8. The van der Waals surface area contributed by atoms with E-state index in [1.165, 1.54) is 31.2 Å². The van der Waals surface area contributed by atoms with Gasteiger partial charge in [-0.1, -0.05) is 0 Å². The van der Waals surface area contributed by atoms with Crippen molar-refractivity contribution in [1.82, 2.24) is 10.6 Å². The Balaban J connectivity index is 2.55. The van der Waals surface area contributed by atoms with Crippen LogP contribution in [0.3, 0.4) is 0 Å². The SMILES string of the molecule is CCOC(=O)C(C)NC(=O)c1ccc(NC(=O)CNC(=O)CN)cc1. The summed E-state index contributed by atoms with van der Waals surface area (Å²) < 4.78 is 4.81. The van der Waals surface area contributed by atoms with Gasteiger partial charge in [-0.2, -0.15) is 0 Å². The second kappa shape index (κ2) is 10.0. The third-order valence-corrected chi connectivity index (χ3v) is 3.05. The molecule has 25 heavy (non-hydrogen) atoms. The molecule has 0 heterocycles. The first-order chi connectivity index (χ1) is 11.9. The van der Waals surface area contributed by atoms with E-state index in [4.69, 9.17) is 10.5 Å². The van der Waals surface area contributed by atoms with Crippen molar-refractivity contribution in [2.45, 2.75) is 19.9 Å². The molecule has 0 radical (unpaired) electrons. The van der Waals surface area contributed by atoms with Gasteiger partial charge in [0, 0.05) is 11.3 Å². The van der Waals surface area contributed by atoms with Gasteiger partial charge in [0.05, 0.1) is 19.7 Å². The predicted octanol–water partition coefficient (Wildman–Crippen LogP) is -0.619. The van der Waals surface area contributed by atoms with Crippen molar-refractivity contribution in [3.05, 3.63) is 29.8 Å². The van der Waals surface area contributed by atoms with Gasteiger partial charge in [-0.05, 0) is 38.1 Å². The van der Waals surface area contributed by atoms with Crippen LogP contribution in [0.4, 0.5) is 5.69 Å². The number of carbonyl (C=O) groups excluding carboxylic acids is 4. The van der Waals surface area contributed by atoms with Gasteiger partial charge in [-0.15, -0.1) is 0 Å². The summed E-state index contributed by atoms with van der Waals surface area (Å²) >= 11 is 0. The number of nitrogens with one attached hydrogen (secondary N) is 3. The highest BCUT2D eigenvalue weighted by Gasteiger charge is 2.17. The molecular formula is C16H22N4O5. The van der Waals surface area contributed by atoms with E-state index in [-0.39, 0.29) is 19.7 Å². The molecule has 0 aliphatic carbocycles. The standard InChI is InChI=1S/C16H22N4O5/c1-3-25-16(24)10(2)19-15(23)11-4-6-12(7-5-11)20-14(22)9-18-13(21)8-17/h4-7,10H,3,8-9,17H2,1-2H3,(H,18,21)(H,19,23)(H,20,22). The van der Waals surface area contributed by atoms with E-state index in [0.29, 0.717) is 11.3 Å². The number of hydrogen-bond acceptors (Lipinski definition) is 6. The van der Waals surface area contributed by atoms with Crippen molar-refractivity contribution in [1.29, 1.82) is 0 Å². The third-order valence-electron chi connectivity index (χ3n) is 3.05. The van der Waals surface area contributed by atoms with Crippen molar-refractivity contribution < 1.29 is 23.9 Å². The Morgan fingerprint density at radius 2 is 1.76 bits per heavy atom. The van der Waals surface area contributed by atoms with E-state index in [9.17, 15) is 19.2 Å². The van der Waals surface area contributed by atoms with Crippen LogP contribution in [0.1, 0.15) is 24.2 Å². The molecule has 1 atom stereocenters. The van der Waals surface area contributed by atoms with Gasteiger partial charge in [0.15, 0.2) is 0 Å². The van der Waals surface area contributed by atoms with Crippen molar-refractivity contribution in [2.24, 2.45) is 5.73 Å². The van der Waals surface area contributed by atoms with Crippen molar-refractivity contribution >= 4 is 29.4 Å². The number of hydrogen-bond donors (Lipinski definition) is 4. The molecular weight excluding hydrogens is 328 g/mol. The average molecular weight is 350 g/mol. The summed E-state index contributed by atoms with van der Waals surface area (Å²) in [5.74, 6) is -1.80. The van der Waals surface area contributed by atoms with Gasteiger partial charge >= 0.3 is 5.97 Å². The summed E-state index contributed by atoms with van der Waals surface area (Å²) in [7, 11) is 0. The fraction of sp³-hybridized carbons (Fsp3) is 0.375. The van der Waals surface area contributed by atoms with Crippen LogP contribution in [0.15, 0.2) is 24.3 Å². The van der Waals surface area contributed by atoms with Crippen LogP contribution in [0.2, 0.25) is 0 Å². The molecule has 0 aliphatic heterocycles. The van der Waals surface area contributed by atoms with Crippen LogP contribution in [0, 0.1) is 0 Å². The molecule has 5 N–H and O–H groups in total. The molecule has 0 spiro atoms. The minimum atomic E-state index is -0.766. The van der Waals surface area contributed by atoms with Crippen LogP contribution < -0.4 is 21.7 Å². The maximum Gasteiger partial charge on any atom is 0.328 e. The molecule has 136 valence electrons. The van der Waals surface area contributed by atoms with Gasteiger partial charge in [0.2, 0.25) is 11.8 Å². The number of amides is 3. The number of anilines is 1. The lowest BCUT2D eigenvalue weighted by atomic mass is 10.2.